The Hall–Kier alpha value is -3.27. The number of benzene rings is 1. The van der Waals surface area contributed by atoms with E-state index in [2.05, 4.69) is 31.0 Å². The van der Waals surface area contributed by atoms with Gasteiger partial charge in [-0.05, 0) is 43.3 Å². The van der Waals surface area contributed by atoms with Gasteiger partial charge in [0.15, 0.2) is 0 Å². The Balaban J connectivity index is 1.43. The normalized spacial score (nSPS) is 10.9. The first-order valence-corrected chi connectivity index (χ1v) is 9.12. The fourth-order valence-corrected chi connectivity index (χ4v) is 2.61. The highest BCUT2D eigenvalue weighted by Gasteiger charge is 2.08. The number of anilines is 2. The maximum absolute atomic E-state index is 12.0. The summed E-state index contributed by atoms with van der Waals surface area (Å²) in [7, 11) is 0. The number of nitrogens with zero attached hydrogens (tertiary/aromatic N) is 3. The third-order valence-corrected chi connectivity index (χ3v) is 4.00. The summed E-state index contributed by atoms with van der Waals surface area (Å²) in [5, 5.41) is 13.9. The van der Waals surface area contributed by atoms with Crippen LogP contribution in [0, 0.1) is 0 Å². The fourth-order valence-electron chi connectivity index (χ4n) is 2.01. The number of carbonyl (C=O) groups excluding carboxylic acids is 1. The number of hydrogen-bond acceptors (Lipinski definition) is 8. The van der Waals surface area contributed by atoms with Crippen LogP contribution in [0.4, 0.5) is 11.6 Å². The number of thioether (sulfide) groups is 1. The molecular formula is C17H18N6O3S. The van der Waals surface area contributed by atoms with E-state index in [1.807, 2.05) is 19.1 Å². The molecule has 0 saturated heterocycles. The van der Waals surface area contributed by atoms with Gasteiger partial charge in [0.2, 0.25) is 17.0 Å². The van der Waals surface area contributed by atoms with Crippen LogP contribution in [0.3, 0.4) is 0 Å². The van der Waals surface area contributed by atoms with E-state index in [9.17, 15) is 4.79 Å². The Morgan fingerprint density at radius 3 is 2.96 bits per heavy atom. The van der Waals surface area contributed by atoms with E-state index in [4.69, 9.17) is 9.15 Å². The molecule has 3 rings (SSSR count). The molecular weight excluding hydrogens is 368 g/mol. The summed E-state index contributed by atoms with van der Waals surface area (Å²) in [5.41, 5.74) is 3.40. The lowest BCUT2D eigenvalue weighted by Crippen LogP contribution is -2.14. The van der Waals surface area contributed by atoms with Crippen molar-refractivity contribution in [3.8, 4) is 5.75 Å². The summed E-state index contributed by atoms with van der Waals surface area (Å²) >= 11 is 1.21. The molecule has 1 amide bonds. The minimum atomic E-state index is -0.153. The van der Waals surface area contributed by atoms with Crippen LogP contribution < -0.4 is 15.5 Å². The standard InChI is InChI=1S/C17H18N6O3S/c1-2-25-13-7-5-12(6-8-13)19-15(24)11-27-17-20-16(22-23-17)21-18-10-14-4-3-9-26-14/h3-10H,2,11H2,1H3,(H,19,24)(H2,20,21,22,23)/b18-10-. The molecule has 0 saturated carbocycles. The molecule has 0 aliphatic rings. The molecule has 0 aliphatic heterocycles. The molecule has 0 unspecified atom stereocenters. The maximum Gasteiger partial charge on any atom is 0.240 e. The van der Waals surface area contributed by atoms with Gasteiger partial charge in [-0.3, -0.25) is 4.79 Å². The topological polar surface area (TPSA) is 117 Å². The van der Waals surface area contributed by atoms with Gasteiger partial charge in [-0.2, -0.15) is 10.1 Å². The number of amides is 1. The van der Waals surface area contributed by atoms with Crippen molar-refractivity contribution >= 4 is 35.5 Å². The van der Waals surface area contributed by atoms with Crippen molar-refractivity contribution in [3.05, 3.63) is 48.4 Å². The minimum Gasteiger partial charge on any atom is -0.494 e. The number of hydrazone groups is 1. The highest BCUT2D eigenvalue weighted by Crippen LogP contribution is 2.17. The molecule has 3 aromatic rings. The first-order chi connectivity index (χ1) is 13.2. The van der Waals surface area contributed by atoms with E-state index in [1.165, 1.54) is 18.0 Å². The molecule has 10 heteroatoms. The molecule has 0 atom stereocenters. The Morgan fingerprint density at radius 2 is 2.22 bits per heavy atom. The Bertz CT molecular complexity index is 876. The van der Waals surface area contributed by atoms with Crippen LogP contribution >= 0.6 is 11.8 Å². The fraction of sp³-hybridized carbons (Fsp3) is 0.176. The van der Waals surface area contributed by atoms with Gasteiger partial charge in [0, 0.05) is 5.69 Å². The van der Waals surface area contributed by atoms with Crippen molar-refractivity contribution in [1.29, 1.82) is 0 Å². The summed E-state index contributed by atoms with van der Waals surface area (Å²) in [4.78, 5) is 16.2. The monoisotopic (exact) mass is 386 g/mol. The molecule has 2 aromatic heterocycles. The molecule has 3 N–H and O–H groups in total. The van der Waals surface area contributed by atoms with Crippen LogP contribution in [0.1, 0.15) is 12.7 Å². The van der Waals surface area contributed by atoms with Crippen LogP contribution in [-0.4, -0.2) is 39.7 Å². The van der Waals surface area contributed by atoms with Crippen molar-refractivity contribution in [1.82, 2.24) is 15.2 Å². The van der Waals surface area contributed by atoms with Crippen LogP contribution in [0.2, 0.25) is 0 Å². The molecule has 0 bridgehead atoms. The first-order valence-electron chi connectivity index (χ1n) is 8.13. The largest absolute Gasteiger partial charge is 0.494 e. The molecule has 0 radical (unpaired) electrons. The van der Waals surface area contributed by atoms with Gasteiger partial charge < -0.3 is 14.5 Å². The predicted molar refractivity (Wildman–Crippen MR) is 103 cm³/mol. The van der Waals surface area contributed by atoms with Gasteiger partial charge in [-0.25, -0.2) is 10.5 Å². The van der Waals surface area contributed by atoms with E-state index in [1.54, 1.807) is 30.5 Å². The van der Waals surface area contributed by atoms with Crippen molar-refractivity contribution in [2.45, 2.75) is 12.1 Å². The minimum absolute atomic E-state index is 0.153. The maximum atomic E-state index is 12.0. The third kappa shape index (κ3) is 5.89. The molecule has 0 fully saturated rings. The molecule has 9 nitrogen and oxygen atoms in total. The van der Waals surface area contributed by atoms with Crippen LogP contribution in [-0.2, 0) is 4.79 Å². The summed E-state index contributed by atoms with van der Waals surface area (Å²) in [6.07, 6.45) is 3.07. The van der Waals surface area contributed by atoms with Gasteiger partial charge >= 0.3 is 0 Å². The van der Waals surface area contributed by atoms with E-state index < -0.39 is 0 Å². The average Bonchev–Trinajstić information content (AvgIpc) is 3.34. The second-order valence-corrected chi connectivity index (χ2v) is 6.09. The lowest BCUT2D eigenvalue weighted by molar-refractivity contribution is -0.113. The van der Waals surface area contributed by atoms with Crippen molar-refractivity contribution in [3.63, 3.8) is 0 Å². The van der Waals surface area contributed by atoms with Gasteiger partial charge in [-0.1, -0.05) is 11.8 Å². The zero-order valence-electron chi connectivity index (χ0n) is 14.5. The second-order valence-electron chi connectivity index (χ2n) is 5.15. The van der Waals surface area contributed by atoms with E-state index in [0.29, 0.717) is 29.2 Å². The van der Waals surface area contributed by atoms with E-state index in [0.717, 1.165) is 5.75 Å². The number of H-pyrrole nitrogens is 1. The number of furan rings is 1. The molecule has 2 heterocycles. The molecule has 1 aromatic carbocycles. The number of hydrogen-bond donors (Lipinski definition) is 3. The SMILES string of the molecule is CCOc1ccc(NC(=O)CSc2n[nH]c(N/N=C\c3ccco3)n2)cc1. The summed E-state index contributed by atoms with van der Waals surface area (Å²) < 4.78 is 10.5. The zero-order valence-corrected chi connectivity index (χ0v) is 15.3. The number of nitrogens with one attached hydrogen (secondary N) is 3. The Morgan fingerprint density at radius 1 is 1.37 bits per heavy atom. The Labute approximate surface area is 159 Å². The van der Waals surface area contributed by atoms with Crippen molar-refractivity contribution in [2.24, 2.45) is 5.10 Å². The van der Waals surface area contributed by atoms with Gasteiger partial charge in [0.1, 0.15) is 11.5 Å². The van der Waals surface area contributed by atoms with Crippen molar-refractivity contribution in [2.75, 3.05) is 23.1 Å². The number of carbonyl (C=O) groups is 1. The number of ether oxygens (including phenoxy) is 1. The Kier molecular flexibility index (Phi) is 6.47. The number of aromatic nitrogens is 3. The summed E-state index contributed by atoms with van der Waals surface area (Å²) in [5.74, 6) is 1.77. The second kappa shape index (κ2) is 9.43. The molecule has 0 aliphatic carbocycles. The zero-order chi connectivity index (χ0) is 18.9. The van der Waals surface area contributed by atoms with Crippen LogP contribution in [0.5, 0.6) is 5.75 Å². The molecule has 27 heavy (non-hydrogen) atoms. The predicted octanol–water partition coefficient (Wildman–Crippen LogP) is 2.97. The third-order valence-electron chi connectivity index (χ3n) is 3.15. The van der Waals surface area contributed by atoms with E-state index in [-0.39, 0.29) is 11.7 Å². The van der Waals surface area contributed by atoms with Crippen molar-refractivity contribution < 1.29 is 13.9 Å². The number of rotatable bonds is 9. The molecule has 0 spiro atoms. The van der Waals surface area contributed by atoms with Crippen LogP contribution in [0.25, 0.3) is 0 Å². The average molecular weight is 386 g/mol. The highest BCUT2D eigenvalue weighted by molar-refractivity contribution is 7.99. The first kappa shape index (κ1) is 18.5. The highest BCUT2D eigenvalue weighted by atomic mass is 32.2. The smallest absolute Gasteiger partial charge is 0.240 e. The summed E-state index contributed by atoms with van der Waals surface area (Å²) in [6, 6.07) is 10.7. The van der Waals surface area contributed by atoms with Gasteiger partial charge in [0.05, 0.1) is 24.8 Å². The summed E-state index contributed by atoms with van der Waals surface area (Å²) in [6.45, 7) is 2.52. The quantitative estimate of drug-likeness (QED) is 0.294. The molecule has 140 valence electrons. The van der Waals surface area contributed by atoms with E-state index >= 15 is 0 Å². The van der Waals surface area contributed by atoms with Gasteiger partial charge in [0.25, 0.3) is 0 Å². The lowest BCUT2D eigenvalue weighted by atomic mass is 10.3. The number of aromatic amines is 1. The van der Waals surface area contributed by atoms with Gasteiger partial charge in [-0.15, -0.1) is 5.10 Å². The lowest BCUT2D eigenvalue weighted by Gasteiger charge is -2.06. The van der Waals surface area contributed by atoms with Crippen LogP contribution in [0.15, 0.2) is 57.3 Å².